The van der Waals surface area contributed by atoms with Gasteiger partial charge in [-0.1, -0.05) is 0 Å². The zero-order valence-corrected chi connectivity index (χ0v) is 14.7. The van der Waals surface area contributed by atoms with Gasteiger partial charge in [0, 0.05) is 24.6 Å². The summed E-state index contributed by atoms with van der Waals surface area (Å²) in [5.74, 6) is -3.86. The molecule has 140 valence electrons. The van der Waals surface area contributed by atoms with Gasteiger partial charge in [0.25, 0.3) is 5.91 Å². The molecule has 1 aromatic carbocycles. The van der Waals surface area contributed by atoms with Crippen LogP contribution in [0.5, 0.6) is 0 Å². The van der Waals surface area contributed by atoms with Crippen molar-refractivity contribution < 1.29 is 26.7 Å². The van der Waals surface area contributed by atoms with Crippen LogP contribution in [0.3, 0.4) is 0 Å². The van der Waals surface area contributed by atoms with Crippen molar-refractivity contribution in [3.8, 4) is 0 Å². The normalized spacial score (nSPS) is 17.4. The molecule has 1 aliphatic heterocycles. The first kappa shape index (κ1) is 19.7. The Bertz CT molecular complexity index is 681. The van der Waals surface area contributed by atoms with Crippen LogP contribution in [0, 0.1) is 5.41 Å². The number of rotatable bonds is 7. The van der Waals surface area contributed by atoms with Crippen molar-refractivity contribution in [2.45, 2.75) is 23.5 Å². The highest BCUT2D eigenvalue weighted by atomic mass is 32.2. The third-order valence-electron chi connectivity index (χ3n) is 4.42. The number of alkyl halides is 2. The number of benzene rings is 1. The minimum absolute atomic E-state index is 0.144. The van der Waals surface area contributed by atoms with Crippen molar-refractivity contribution in [1.82, 2.24) is 10.6 Å². The lowest BCUT2D eigenvalue weighted by Gasteiger charge is -2.37. The third kappa shape index (κ3) is 4.74. The topological polar surface area (TPSA) is 84.5 Å². The van der Waals surface area contributed by atoms with E-state index in [4.69, 9.17) is 4.74 Å². The molecule has 25 heavy (non-hydrogen) atoms. The van der Waals surface area contributed by atoms with E-state index < -0.39 is 20.5 Å². The molecule has 1 fully saturated rings. The standard InChI is InChI=1S/C16H22F2N2O4S/c1-24-11-16(6-8-19-9-7-16)10-20-14(21)12-2-4-13(5-3-12)25(22,23)15(17)18/h2-5,15,19H,6-11H2,1H3,(H,20,21). The van der Waals surface area contributed by atoms with Crippen molar-refractivity contribution >= 4 is 15.7 Å². The molecule has 6 nitrogen and oxygen atoms in total. The van der Waals surface area contributed by atoms with Crippen LogP contribution in [0.15, 0.2) is 29.2 Å². The van der Waals surface area contributed by atoms with Gasteiger partial charge in [0.1, 0.15) is 0 Å². The van der Waals surface area contributed by atoms with E-state index in [1.54, 1.807) is 7.11 Å². The van der Waals surface area contributed by atoms with Gasteiger partial charge >= 0.3 is 5.76 Å². The first-order chi connectivity index (χ1) is 11.8. The smallest absolute Gasteiger partial charge is 0.341 e. The Hall–Kier alpha value is -1.58. The lowest BCUT2D eigenvalue weighted by Crippen LogP contribution is -2.47. The molecule has 0 aromatic heterocycles. The summed E-state index contributed by atoms with van der Waals surface area (Å²) in [5.41, 5.74) is 0.0731. The summed E-state index contributed by atoms with van der Waals surface area (Å²) in [6.07, 6.45) is 1.74. The van der Waals surface area contributed by atoms with Gasteiger partial charge in [0.05, 0.1) is 11.5 Å². The van der Waals surface area contributed by atoms with E-state index in [1.807, 2.05) is 0 Å². The molecule has 0 aliphatic carbocycles. The predicted octanol–water partition coefficient (Wildman–Crippen LogP) is 1.43. The highest BCUT2D eigenvalue weighted by Crippen LogP contribution is 2.28. The Kier molecular flexibility index (Phi) is 6.47. The van der Waals surface area contributed by atoms with Crippen LogP contribution in [0.4, 0.5) is 8.78 Å². The summed E-state index contributed by atoms with van der Waals surface area (Å²) in [6, 6.07) is 4.50. The second-order valence-electron chi connectivity index (χ2n) is 6.20. The molecule has 1 heterocycles. The van der Waals surface area contributed by atoms with E-state index in [0.717, 1.165) is 38.1 Å². The molecule has 2 N–H and O–H groups in total. The summed E-state index contributed by atoms with van der Waals surface area (Å²) in [4.78, 5) is 11.8. The van der Waals surface area contributed by atoms with Gasteiger partial charge in [-0.05, 0) is 50.2 Å². The average molecular weight is 376 g/mol. The number of carbonyl (C=O) groups is 1. The number of piperidine rings is 1. The van der Waals surface area contributed by atoms with E-state index in [-0.39, 0.29) is 16.9 Å². The second kappa shape index (κ2) is 8.20. The summed E-state index contributed by atoms with van der Waals surface area (Å²) >= 11 is 0. The summed E-state index contributed by atoms with van der Waals surface area (Å²) in [5, 5.41) is 6.09. The zero-order chi connectivity index (χ0) is 18.5. The van der Waals surface area contributed by atoms with Crippen LogP contribution in [-0.2, 0) is 14.6 Å². The molecule has 0 unspecified atom stereocenters. The van der Waals surface area contributed by atoms with Crippen LogP contribution in [-0.4, -0.2) is 53.4 Å². The summed E-state index contributed by atoms with van der Waals surface area (Å²) < 4.78 is 53.1. The molecule has 0 radical (unpaired) electrons. The lowest BCUT2D eigenvalue weighted by atomic mass is 9.79. The van der Waals surface area contributed by atoms with Crippen LogP contribution >= 0.6 is 0 Å². The molecule has 0 bridgehead atoms. The van der Waals surface area contributed by atoms with Crippen LogP contribution < -0.4 is 10.6 Å². The Morgan fingerprint density at radius 2 is 1.88 bits per heavy atom. The maximum Gasteiger partial charge on any atom is 0.341 e. The van der Waals surface area contributed by atoms with Gasteiger partial charge in [-0.2, -0.15) is 8.78 Å². The minimum atomic E-state index is -4.65. The number of ether oxygens (including phenoxy) is 1. The molecule has 0 spiro atoms. The van der Waals surface area contributed by atoms with Crippen LogP contribution in [0.2, 0.25) is 0 Å². The van der Waals surface area contributed by atoms with E-state index in [2.05, 4.69) is 10.6 Å². The molecule has 1 saturated heterocycles. The van der Waals surface area contributed by atoms with Crippen molar-refractivity contribution in [3.05, 3.63) is 29.8 Å². The average Bonchev–Trinajstić information content (AvgIpc) is 2.61. The number of methoxy groups -OCH3 is 1. The molecule has 9 heteroatoms. The fourth-order valence-electron chi connectivity index (χ4n) is 2.90. The van der Waals surface area contributed by atoms with Gasteiger partial charge in [0.15, 0.2) is 0 Å². The van der Waals surface area contributed by atoms with Crippen molar-refractivity contribution in [2.24, 2.45) is 5.41 Å². The van der Waals surface area contributed by atoms with Crippen molar-refractivity contribution in [2.75, 3.05) is 33.4 Å². The molecule has 0 atom stereocenters. The molecular formula is C16H22F2N2O4S. The number of nitrogens with one attached hydrogen (secondary N) is 2. The van der Waals surface area contributed by atoms with Crippen molar-refractivity contribution in [1.29, 1.82) is 0 Å². The highest BCUT2D eigenvalue weighted by molar-refractivity contribution is 7.91. The molecular weight excluding hydrogens is 354 g/mol. The van der Waals surface area contributed by atoms with Crippen LogP contribution in [0.1, 0.15) is 23.2 Å². The number of amides is 1. The first-order valence-electron chi connectivity index (χ1n) is 7.91. The quantitative estimate of drug-likeness (QED) is 0.752. The largest absolute Gasteiger partial charge is 0.384 e. The van der Waals surface area contributed by atoms with Gasteiger partial charge in [-0.25, -0.2) is 8.42 Å². The minimum Gasteiger partial charge on any atom is -0.384 e. The Morgan fingerprint density at radius 3 is 2.40 bits per heavy atom. The van der Waals surface area contributed by atoms with Gasteiger partial charge < -0.3 is 15.4 Å². The molecule has 2 rings (SSSR count). The Labute approximate surface area is 145 Å². The lowest BCUT2D eigenvalue weighted by molar-refractivity contribution is 0.0511. The number of hydrogen-bond acceptors (Lipinski definition) is 5. The maximum atomic E-state index is 12.5. The highest BCUT2D eigenvalue weighted by Gasteiger charge is 2.32. The molecule has 1 aliphatic rings. The molecule has 1 aromatic rings. The summed E-state index contributed by atoms with van der Waals surface area (Å²) in [7, 11) is -3.04. The van der Waals surface area contributed by atoms with E-state index in [1.165, 1.54) is 12.1 Å². The van der Waals surface area contributed by atoms with E-state index >= 15 is 0 Å². The summed E-state index contributed by atoms with van der Waals surface area (Å²) in [6.45, 7) is 2.65. The van der Waals surface area contributed by atoms with Gasteiger partial charge in [0.2, 0.25) is 9.84 Å². The van der Waals surface area contributed by atoms with Crippen LogP contribution in [0.25, 0.3) is 0 Å². The predicted molar refractivity (Wildman–Crippen MR) is 88.4 cm³/mol. The Balaban J connectivity index is 2.03. The molecule has 0 saturated carbocycles. The van der Waals surface area contributed by atoms with Gasteiger partial charge in [-0.15, -0.1) is 0 Å². The fraction of sp³-hybridized carbons (Fsp3) is 0.562. The SMILES string of the molecule is COCC1(CNC(=O)c2ccc(S(=O)(=O)C(F)F)cc2)CCNCC1. The van der Waals surface area contributed by atoms with Gasteiger partial charge in [-0.3, -0.25) is 4.79 Å². The Morgan fingerprint density at radius 1 is 1.28 bits per heavy atom. The van der Waals surface area contributed by atoms with Crippen molar-refractivity contribution in [3.63, 3.8) is 0 Å². The maximum absolute atomic E-state index is 12.5. The van der Waals surface area contributed by atoms with E-state index in [0.29, 0.717) is 13.2 Å². The zero-order valence-electron chi connectivity index (χ0n) is 13.9. The first-order valence-corrected chi connectivity index (χ1v) is 9.45. The number of carbonyl (C=O) groups excluding carboxylic acids is 1. The van der Waals surface area contributed by atoms with E-state index in [9.17, 15) is 22.0 Å². The molecule has 1 amide bonds. The third-order valence-corrected chi connectivity index (χ3v) is 5.82. The second-order valence-corrected chi connectivity index (χ2v) is 8.11. The monoisotopic (exact) mass is 376 g/mol. The number of hydrogen-bond donors (Lipinski definition) is 2. The number of sulfone groups is 1. The fourth-order valence-corrected chi connectivity index (χ4v) is 3.63. The number of halogens is 2.